The fraction of sp³-hybridized carbons (Fsp3) is 0.318. The number of anilines is 1. The van der Waals surface area contributed by atoms with Gasteiger partial charge in [0, 0.05) is 25.2 Å². The van der Waals surface area contributed by atoms with Gasteiger partial charge in [0.2, 0.25) is 5.91 Å². The monoisotopic (exact) mass is 415 g/mol. The summed E-state index contributed by atoms with van der Waals surface area (Å²) in [6.07, 6.45) is -1.83. The van der Waals surface area contributed by atoms with Crippen LogP contribution < -0.4 is 10.5 Å². The van der Waals surface area contributed by atoms with Gasteiger partial charge in [-0.05, 0) is 55.2 Å². The molecule has 0 aliphatic carbocycles. The van der Waals surface area contributed by atoms with Crippen LogP contribution in [0.1, 0.15) is 29.5 Å². The third-order valence-corrected chi connectivity index (χ3v) is 5.45. The molecule has 0 N–H and O–H groups in total. The van der Waals surface area contributed by atoms with Gasteiger partial charge in [0.25, 0.3) is 5.56 Å². The third-order valence-electron chi connectivity index (χ3n) is 5.45. The van der Waals surface area contributed by atoms with Crippen LogP contribution in [0.4, 0.5) is 18.9 Å². The number of aromatic nitrogens is 2. The molecule has 30 heavy (non-hydrogen) atoms. The summed E-state index contributed by atoms with van der Waals surface area (Å²) in [7, 11) is 0. The van der Waals surface area contributed by atoms with E-state index in [0.717, 1.165) is 17.7 Å². The van der Waals surface area contributed by atoms with E-state index < -0.39 is 11.7 Å². The number of alkyl halides is 3. The molecule has 5 nitrogen and oxygen atoms in total. The standard InChI is InChI=1S/C22H20F3N3O2/c1-14-4-2-6-17-20(14)26-13-27(21(17)30)11-9-19(29)28-10-3-5-15-12-16(22(23,24)25)7-8-18(15)28/h2,4,6-8,12-13H,3,5,9-11H2,1H3. The predicted octanol–water partition coefficient (Wildman–Crippen LogP) is 4.09. The molecule has 4 rings (SSSR count). The second-order valence-electron chi connectivity index (χ2n) is 7.45. The zero-order valence-electron chi connectivity index (χ0n) is 16.4. The summed E-state index contributed by atoms with van der Waals surface area (Å²) in [5.74, 6) is -0.230. The minimum absolute atomic E-state index is 0.0549. The van der Waals surface area contributed by atoms with Crippen LogP contribution >= 0.6 is 0 Å². The number of carbonyl (C=O) groups excluding carboxylic acids is 1. The molecule has 1 aliphatic rings. The van der Waals surface area contributed by atoms with Crippen molar-refractivity contribution in [3.8, 4) is 0 Å². The largest absolute Gasteiger partial charge is 0.416 e. The molecular weight excluding hydrogens is 395 g/mol. The van der Waals surface area contributed by atoms with Crippen LogP contribution in [0.3, 0.4) is 0 Å². The minimum Gasteiger partial charge on any atom is -0.312 e. The smallest absolute Gasteiger partial charge is 0.312 e. The number of fused-ring (bicyclic) bond motifs is 2. The van der Waals surface area contributed by atoms with E-state index in [4.69, 9.17) is 0 Å². The van der Waals surface area contributed by atoms with Crippen LogP contribution in [0.15, 0.2) is 47.5 Å². The first-order valence-electron chi connectivity index (χ1n) is 9.71. The van der Waals surface area contributed by atoms with Crippen molar-refractivity contribution in [3.63, 3.8) is 0 Å². The van der Waals surface area contributed by atoms with E-state index in [0.29, 0.717) is 41.5 Å². The van der Waals surface area contributed by atoms with Gasteiger partial charge in [0.1, 0.15) is 0 Å². The van der Waals surface area contributed by atoms with E-state index in [-0.39, 0.29) is 24.4 Å². The Bertz CT molecular complexity index is 1180. The van der Waals surface area contributed by atoms with Gasteiger partial charge in [-0.25, -0.2) is 4.98 Å². The Balaban J connectivity index is 1.54. The fourth-order valence-corrected chi connectivity index (χ4v) is 3.88. The van der Waals surface area contributed by atoms with Crippen molar-refractivity contribution >= 4 is 22.5 Å². The number of benzene rings is 2. The van der Waals surface area contributed by atoms with Crippen LogP contribution in [-0.4, -0.2) is 22.0 Å². The normalized spacial score (nSPS) is 14.1. The Labute approximate surface area is 170 Å². The SMILES string of the molecule is Cc1cccc2c(=O)n(CCC(=O)N3CCCc4cc(C(F)(F)F)ccc43)cnc12. The lowest BCUT2D eigenvalue weighted by Crippen LogP contribution is -2.36. The van der Waals surface area contributed by atoms with Crippen molar-refractivity contribution in [1.29, 1.82) is 0 Å². The average Bonchev–Trinajstić information content (AvgIpc) is 2.72. The first-order valence-corrected chi connectivity index (χ1v) is 9.71. The molecule has 8 heteroatoms. The number of nitrogens with zero attached hydrogens (tertiary/aromatic N) is 3. The number of halogens is 3. The molecule has 1 aliphatic heterocycles. The molecule has 3 aromatic rings. The van der Waals surface area contributed by atoms with Crippen molar-refractivity contribution in [2.45, 2.75) is 38.9 Å². The molecule has 1 aromatic heterocycles. The molecule has 0 unspecified atom stereocenters. The molecule has 0 bridgehead atoms. The van der Waals surface area contributed by atoms with E-state index >= 15 is 0 Å². The Hall–Kier alpha value is -3.16. The van der Waals surface area contributed by atoms with Crippen molar-refractivity contribution in [2.24, 2.45) is 0 Å². The summed E-state index contributed by atoms with van der Waals surface area (Å²) in [6.45, 7) is 2.48. The van der Waals surface area contributed by atoms with Gasteiger partial charge in [-0.1, -0.05) is 12.1 Å². The summed E-state index contributed by atoms with van der Waals surface area (Å²) in [4.78, 5) is 31.4. The molecule has 156 valence electrons. The summed E-state index contributed by atoms with van der Waals surface area (Å²) in [6, 6.07) is 8.85. The molecule has 0 saturated carbocycles. The highest BCUT2D eigenvalue weighted by Gasteiger charge is 2.32. The highest BCUT2D eigenvalue weighted by Crippen LogP contribution is 2.35. The number of para-hydroxylation sites is 1. The highest BCUT2D eigenvalue weighted by molar-refractivity contribution is 5.94. The Morgan fingerprint density at radius 2 is 2.00 bits per heavy atom. The van der Waals surface area contributed by atoms with Gasteiger partial charge in [0.05, 0.1) is 22.8 Å². The van der Waals surface area contributed by atoms with Gasteiger partial charge in [0.15, 0.2) is 0 Å². The van der Waals surface area contributed by atoms with E-state index in [1.807, 2.05) is 13.0 Å². The second kappa shape index (κ2) is 7.59. The van der Waals surface area contributed by atoms with Crippen molar-refractivity contribution in [1.82, 2.24) is 9.55 Å². The Morgan fingerprint density at radius 3 is 2.77 bits per heavy atom. The number of amides is 1. The van der Waals surface area contributed by atoms with E-state index in [1.54, 1.807) is 12.1 Å². The van der Waals surface area contributed by atoms with Crippen molar-refractivity contribution < 1.29 is 18.0 Å². The first-order chi connectivity index (χ1) is 14.3. The van der Waals surface area contributed by atoms with Gasteiger partial charge in [-0.3, -0.25) is 14.2 Å². The Morgan fingerprint density at radius 1 is 1.20 bits per heavy atom. The summed E-state index contributed by atoms with van der Waals surface area (Å²) in [5.41, 5.74) is 1.64. The average molecular weight is 415 g/mol. The molecule has 0 spiro atoms. The molecule has 1 amide bonds. The zero-order valence-corrected chi connectivity index (χ0v) is 16.4. The van der Waals surface area contributed by atoms with Gasteiger partial charge >= 0.3 is 6.18 Å². The number of hydrogen-bond donors (Lipinski definition) is 0. The number of aryl methyl sites for hydroxylation is 3. The summed E-state index contributed by atoms with van der Waals surface area (Å²) in [5, 5.41) is 0.493. The second-order valence-corrected chi connectivity index (χ2v) is 7.45. The number of rotatable bonds is 3. The molecule has 0 radical (unpaired) electrons. The summed E-state index contributed by atoms with van der Waals surface area (Å²) < 4.78 is 40.3. The van der Waals surface area contributed by atoms with Crippen LogP contribution in [-0.2, 0) is 23.9 Å². The molecule has 0 fully saturated rings. The number of hydrogen-bond acceptors (Lipinski definition) is 3. The van der Waals surface area contributed by atoms with Crippen LogP contribution in [0.25, 0.3) is 10.9 Å². The van der Waals surface area contributed by atoms with Crippen LogP contribution in [0.5, 0.6) is 0 Å². The van der Waals surface area contributed by atoms with Crippen LogP contribution in [0.2, 0.25) is 0 Å². The molecular formula is C22H20F3N3O2. The van der Waals surface area contributed by atoms with Crippen molar-refractivity contribution in [3.05, 3.63) is 69.8 Å². The molecule has 2 aromatic carbocycles. The third kappa shape index (κ3) is 3.69. The van der Waals surface area contributed by atoms with Crippen molar-refractivity contribution in [2.75, 3.05) is 11.4 Å². The molecule has 2 heterocycles. The van der Waals surface area contributed by atoms with Gasteiger partial charge in [-0.15, -0.1) is 0 Å². The maximum atomic E-state index is 13.0. The van der Waals surface area contributed by atoms with Crippen LogP contribution in [0, 0.1) is 6.92 Å². The maximum absolute atomic E-state index is 13.0. The fourth-order valence-electron chi connectivity index (χ4n) is 3.88. The lowest BCUT2D eigenvalue weighted by Gasteiger charge is -2.30. The molecule has 0 atom stereocenters. The lowest BCUT2D eigenvalue weighted by molar-refractivity contribution is -0.137. The lowest BCUT2D eigenvalue weighted by atomic mass is 9.98. The summed E-state index contributed by atoms with van der Waals surface area (Å²) >= 11 is 0. The topological polar surface area (TPSA) is 55.2 Å². The maximum Gasteiger partial charge on any atom is 0.416 e. The van der Waals surface area contributed by atoms with E-state index in [2.05, 4.69) is 4.98 Å². The highest BCUT2D eigenvalue weighted by atomic mass is 19.4. The van der Waals surface area contributed by atoms with Gasteiger partial charge in [-0.2, -0.15) is 13.2 Å². The molecule has 0 saturated heterocycles. The number of carbonyl (C=O) groups is 1. The van der Waals surface area contributed by atoms with E-state index in [1.165, 1.54) is 21.9 Å². The quantitative estimate of drug-likeness (QED) is 0.648. The zero-order chi connectivity index (χ0) is 21.5. The Kier molecular flexibility index (Phi) is 5.09. The first kappa shape index (κ1) is 20.1. The minimum atomic E-state index is -4.41. The van der Waals surface area contributed by atoms with E-state index in [9.17, 15) is 22.8 Å². The predicted molar refractivity (Wildman–Crippen MR) is 107 cm³/mol. The van der Waals surface area contributed by atoms with Gasteiger partial charge < -0.3 is 4.90 Å².